The van der Waals surface area contributed by atoms with Gasteiger partial charge in [-0.3, -0.25) is 35.8 Å². The summed E-state index contributed by atoms with van der Waals surface area (Å²) in [6.07, 6.45) is 1.22. The zero-order valence-corrected chi connectivity index (χ0v) is 15.5. The zero-order chi connectivity index (χ0) is 21.8. The fourth-order valence-corrected chi connectivity index (χ4v) is 2.61. The van der Waals surface area contributed by atoms with Crippen molar-refractivity contribution in [1.29, 1.82) is 0 Å². The number of hydrogen-bond donors (Lipinski definition) is 1. The van der Waals surface area contributed by atoms with E-state index >= 15 is 0 Å². The van der Waals surface area contributed by atoms with E-state index in [9.17, 15) is 30.3 Å². The molecule has 0 spiro atoms. The van der Waals surface area contributed by atoms with Crippen LogP contribution in [0.25, 0.3) is 11.3 Å². The lowest BCUT2D eigenvalue weighted by atomic mass is 10.1. The largest absolute Gasteiger partial charge is 0.455 e. The number of benzene rings is 2. The van der Waals surface area contributed by atoms with Crippen molar-refractivity contribution in [2.75, 3.05) is 5.43 Å². The molecule has 0 saturated carbocycles. The fraction of sp³-hybridized carbons (Fsp3) is 0. The maximum atomic E-state index is 11.1. The average Bonchev–Trinajstić information content (AvgIpc) is 3.17. The van der Waals surface area contributed by atoms with Crippen LogP contribution in [0.4, 0.5) is 22.7 Å². The highest BCUT2D eigenvalue weighted by Crippen LogP contribution is 2.31. The molecule has 0 aliphatic rings. The lowest BCUT2D eigenvalue weighted by molar-refractivity contribution is -0.393. The number of nitro benzene ring substituents is 3. The molecule has 3 aromatic rings. The number of furan rings is 1. The molecular formula is C17H10ClN5O7. The van der Waals surface area contributed by atoms with Crippen molar-refractivity contribution < 1.29 is 19.2 Å². The van der Waals surface area contributed by atoms with Gasteiger partial charge in [0.05, 0.1) is 27.1 Å². The first-order valence-electron chi connectivity index (χ1n) is 8.02. The average molecular weight is 432 g/mol. The van der Waals surface area contributed by atoms with Crippen molar-refractivity contribution in [2.24, 2.45) is 5.10 Å². The number of nitro groups is 3. The Bertz CT molecular complexity index is 1190. The lowest BCUT2D eigenvalue weighted by Crippen LogP contribution is -1.98. The summed E-state index contributed by atoms with van der Waals surface area (Å²) in [5, 5.41) is 36.7. The molecule has 0 aliphatic carbocycles. The van der Waals surface area contributed by atoms with Crippen LogP contribution < -0.4 is 5.43 Å². The second-order valence-electron chi connectivity index (χ2n) is 5.71. The number of anilines is 1. The number of rotatable bonds is 7. The molecule has 12 nitrogen and oxygen atoms in total. The molecule has 30 heavy (non-hydrogen) atoms. The van der Waals surface area contributed by atoms with Crippen LogP contribution in [0, 0.1) is 30.3 Å². The standard InChI is InChI=1S/C17H10ClN5O7/c18-13-4-1-10(7-15(13)22(26)27)17-6-3-12(30-17)9-19-20-14-5-2-11(21(24)25)8-16(14)23(28)29/h1-9,20H/b19-9-. The summed E-state index contributed by atoms with van der Waals surface area (Å²) in [7, 11) is 0. The van der Waals surface area contributed by atoms with Crippen LogP contribution in [0.2, 0.25) is 5.02 Å². The molecule has 0 unspecified atom stereocenters. The van der Waals surface area contributed by atoms with Crippen LogP contribution in [-0.4, -0.2) is 21.0 Å². The van der Waals surface area contributed by atoms with Crippen LogP contribution in [0.3, 0.4) is 0 Å². The molecule has 0 radical (unpaired) electrons. The van der Waals surface area contributed by atoms with Gasteiger partial charge in [0.25, 0.3) is 11.4 Å². The summed E-state index contributed by atoms with van der Waals surface area (Å²) >= 11 is 5.79. The Morgan fingerprint density at radius 3 is 2.30 bits per heavy atom. The minimum Gasteiger partial charge on any atom is -0.455 e. The van der Waals surface area contributed by atoms with Gasteiger partial charge in [0.15, 0.2) is 0 Å². The molecule has 0 saturated heterocycles. The predicted molar refractivity (Wildman–Crippen MR) is 107 cm³/mol. The smallest absolute Gasteiger partial charge is 0.301 e. The molecule has 0 amide bonds. The summed E-state index contributed by atoms with van der Waals surface area (Å²) < 4.78 is 5.53. The van der Waals surface area contributed by atoms with Crippen molar-refractivity contribution in [3.05, 3.63) is 89.7 Å². The van der Waals surface area contributed by atoms with Gasteiger partial charge >= 0.3 is 5.69 Å². The Morgan fingerprint density at radius 2 is 1.63 bits per heavy atom. The topological polar surface area (TPSA) is 167 Å². The van der Waals surface area contributed by atoms with E-state index in [-0.39, 0.29) is 22.2 Å². The number of nitrogens with one attached hydrogen (secondary N) is 1. The summed E-state index contributed by atoms with van der Waals surface area (Å²) in [4.78, 5) is 30.7. The highest BCUT2D eigenvalue weighted by atomic mass is 35.5. The SMILES string of the molecule is O=[N+]([O-])c1ccc(N/N=C\c2ccc(-c3ccc(Cl)c([N+](=O)[O-])c3)o2)c([N+](=O)[O-])c1. The molecule has 3 rings (SSSR count). The van der Waals surface area contributed by atoms with E-state index in [4.69, 9.17) is 16.0 Å². The first-order valence-corrected chi connectivity index (χ1v) is 8.40. The van der Waals surface area contributed by atoms with Gasteiger partial charge < -0.3 is 4.42 Å². The van der Waals surface area contributed by atoms with Gasteiger partial charge in [-0.25, -0.2) is 0 Å². The molecule has 0 aliphatic heterocycles. The normalized spacial score (nSPS) is 10.8. The van der Waals surface area contributed by atoms with Gasteiger partial charge in [-0.15, -0.1) is 0 Å². The van der Waals surface area contributed by atoms with Crippen molar-refractivity contribution in [3.63, 3.8) is 0 Å². The Labute approximate surface area is 171 Å². The number of non-ortho nitro benzene ring substituents is 1. The highest BCUT2D eigenvalue weighted by Gasteiger charge is 2.19. The minimum atomic E-state index is -0.775. The van der Waals surface area contributed by atoms with E-state index in [1.165, 1.54) is 24.4 Å². The molecule has 1 aromatic heterocycles. The van der Waals surface area contributed by atoms with Crippen molar-refractivity contribution in [3.8, 4) is 11.3 Å². The maximum Gasteiger partial charge on any atom is 0.301 e. The Balaban J connectivity index is 1.79. The molecule has 152 valence electrons. The number of nitrogens with zero attached hydrogens (tertiary/aromatic N) is 4. The molecule has 1 heterocycles. The molecular weight excluding hydrogens is 422 g/mol. The van der Waals surface area contributed by atoms with Gasteiger partial charge in [-0.1, -0.05) is 11.6 Å². The minimum absolute atomic E-state index is 0.00835. The second kappa shape index (κ2) is 8.36. The Kier molecular flexibility index (Phi) is 5.69. The van der Waals surface area contributed by atoms with Crippen LogP contribution in [0.1, 0.15) is 5.76 Å². The third-order valence-corrected chi connectivity index (χ3v) is 4.14. The summed E-state index contributed by atoms with van der Waals surface area (Å²) in [6.45, 7) is 0. The van der Waals surface area contributed by atoms with Crippen molar-refractivity contribution in [1.82, 2.24) is 0 Å². The van der Waals surface area contributed by atoms with Crippen LogP contribution in [0.5, 0.6) is 0 Å². The summed E-state index contributed by atoms with van der Waals surface area (Å²) in [5.41, 5.74) is 1.58. The van der Waals surface area contributed by atoms with Crippen LogP contribution >= 0.6 is 11.6 Å². The van der Waals surface area contributed by atoms with Crippen molar-refractivity contribution >= 4 is 40.6 Å². The Hall–Kier alpha value is -4.32. The van der Waals surface area contributed by atoms with E-state index in [2.05, 4.69) is 10.5 Å². The third kappa shape index (κ3) is 4.39. The summed E-state index contributed by atoms with van der Waals surface area (Å²) in [5.74, 6) is 0.567. The lowest BCUT2D eigenvalue weighted by Gasteiger charge is -2.01. The monoisotopic (exact) mass is 431 g/mol. The highest BCUT2D eigenvalue weighted by molar-refractivity contribution is 6.32. The number of hydrazone groups is 1. The first-order chi connectivity index (χ1) is 14.3. The van der Waals surface area contributed by atoms with E-state index in [0.717, 1.165) is 18.2 Å². The summed E-state index contributed by atoms with van der Waals surface area (Å²) in [6, 6.07) is 10.4. The first kappa shape index (κ1) is 20.4. The predicted octanol–water partition coefficient (Wildman–Crippen LogP) is 4.77. The molecule has 0 atom stereocenters. The molecule has 2 aromatic carbocycles. The van der Waals surface area contributed by atoms with Crippen LogP contribution in [-0.2, 0) is 0 Å². The maximum absolute atomic E-state index is 11.1. The quantitative estimate of drug-likeness (QED) is 0.317. The van der Waals surface area contributed by atoms with Gasteiger partial charge in [-0.05, 0) is 30.3 Å². The molecule has 13 heteroatoms. The molecule has 0 bridgehead atoms. The zero-order valence-electron chi connectivity index (χ0n) is 14.7. The Morgan fingerprint density at radius 1 is 0.900 bits per heavy atom. The van der Waals surface area contributed by atoms with Gasteiger partial charge in [0.2, 0.25) is 0 Å². The van der Waals surface area contributed by atoms with E-state index in [0.29, 0.717) is 11.3 Å². The number of hydrogen-bond acceptors (Lipinski definition) is 9. The van der Waals surface area contributed by atoms with E-state index in [1.54, 1.807) is 12.1 Å². The third-order valence-electron chi connectivity index (χ3n) is 3.82. The molecule has 0 fully saturated rings. The van der Waals surface area contributed by atoms with Gasteiger partial charge in [0, 0.05) is 17.7 Å². The number of halogens is 1. The van der Waals surface area contributed by atoms with E-state index < -0.39 is 26.1 Å². The molecule has 1 N–H and O–H groups in total. The van der Waals surface area contributed by atoms with Gasteiger partial charge in [-0.2, -0.15) is 5.10 Å². The van der Waals surface area contributed by atoms with Crippen molar-refractivity contribution in [2.45, 2.75) is 0 Å². The van der Waals surface area contributed by atoms with E-state index in [1.807, 2.05) is 0 Å². The second-order valence-corrected chi connectivity index (χ2v) is 6.12. The van der Waals surface area contributed by atoms with Crippen LogP contribution in [0.15, 0.2) is 58.0 Å². The fourth-order valence-electron chi connectivity index (χ4n) is 2.43. The van der Waals surface area contributed by atoms with Gasteiger partial charge in [0.1, 0.15) is 22.2 Å².